The van der Waals surface area contributed by atoms with Gasteiger partial charge in [0, 0.05) is 40.8 Å². The van der Waals surface area contributed by atoms with E-state index in [1.165, 1.54) is 4.88 Å². The van der Waals surface area contributed by atoms with Gasteiger partial charge in [-0.15, -0.1) is 11.3 Å². The fourth-order valence-electron chi connectivity index (χ4n) is 3.41. The molecule has 0 spiro atoms. The zero-order valence-electron chi connectivity index (χ0n) is 15.4. The van der Waals surface area contributed by atoms with Gasteiger partial charge in [-0.1, -0.05) is 17.7 Å². The number of carbonyl (C=O) groups excluding carboxylic acids is 1. The van der Waals surface area contributed by atoms with E-state index in [1.54, 1.807) is 11.3 Å². The Kier molecular flexibility index (Phi) is 5.23. The van der Waals surface area contributed by atoms with Crippen LogP contribution >= 0.6 is 22.9 Å². The molecule has 1 aliphatic rings. The van der Waals surface area contributed by atoms with E-state index in [1.807, 2.05) is 25.1 Å². The van der Waals surface area contributed by atoms with Crippen LogP contribution < -0.4 is 5.32 Å². The van der Waals surface area contributed by atoms with Crippen LogP contribution in [0.25, 0.3) is 10.2 Å². The van der Waals surface area contributed by atoms with Crippen LogP contribution in [0.5, 0.6) is 0 Å². The summed E-state index contributed by atoms with van der Waals surface area (Å²) in [4.78, 5) is 20.0. The molecule has 1 aromatic carbocycles. The van der Waals surface area contributed by atoms with Crippen LogP contribution in [0.4, 0.5) is 5.69 Å². The Morgan fingerprint density at radius 1 is 1.33 bits per heavy atom. The van der Waals surface area contributed by atoms with Crippen molar-refractivity contribution in [3.8, 4) is 0 Å². The molecule has 4 rings (SSSR count). The molecule has 3 heterocycles. The lowest BCUT2D eigenvalue weighted by Gasteiger charge is -2.26. The fraction of sp³-hybridized carbons (Fsp3) is 0.350. The number of morpholine rings is 1. The third-order valence-electron chi connectivity index (χ3n) is 4.92. The summed E-state index contributed by atoms with van der Waals surface area (Å²) in [6.45, 7) is 7.97. The number of aryl methyl sites for hydroxylation is 1. The van der Waals surface area contributed by atoms with Gasteiger partial charge in [0.15, 0.2) is 0 Å². The summed E-state index contributed by atoms with van der Waals surface area (Å²) in [7, 11) is 0. The standard InChI is InChI=1S/C20H22ClN3O2S/c1-12-10-17-19(27-12)14(11-24-6-8-26-9-7-24)18(22-17)20(25)23-16-5-3-4-15(21)13(16)2/h3-5,10,22H,6-9,11H2,1-2H3,(H,23,25). The van der Waals surface area contributed by atoms with Gasteiger partial charge >= 0.3 is 0 Å². The number of H-pyrrole nitrogens is 1. The monoisotopic (exact) mass is 403 g/mol. The molecule has 0 atom stereocenters. The topological polar surface area (TPSA) is 57.4 Å². The summed E-state index contributed by atoms with van der Waals surface area (Å²) < 4.78 is 6.61. The average molecular weight is 404 g/mol. The molecule has 27 heavy (non-hydrogen) atoms. The van der Waals surface area contributed by atoms with Crippen LogP contribution in [0, 0.1) is 13.8 Å². The van der Waals surface area contributed by atoms with Crippen LogP contribution in [-0.4, -0.2) is 42.1 Å². The minimum absolute atomic E-state index is 0.135. The molecule has 3 aromatic rings. The van der Waals surface area contributed by atoms with E-state index in [2.05, 4.69) is 28.2 Å². The SMILES string of the molecule is Cc1cc2[nH]c(C(=O)Nc3cccc(Cl)c3C)c(CN3CCOCC3)c2s1. The number of rotatable bonds is 4. The van der Waals surface area contributed by atoms with E-state index in [-0.39, 0.29) is 5.91 Å². The first kappa shape index (κ1) is 18.5. The van der Waals surface area contributed by atoms with Crippen molar-refractivity contribution in [2.75, 3.05) is 31.6 Å². The van der Waals surface area contributed by atoms with Crippen molar-refractivity contribution < 1.29 is 9.53 Å². The molecule has 7 heteroatoms. The molecule has 0 unspecified atom stereocenters. The molecule has 1 amide bonds. The van der Waals surface area contributed by atoms with Gasteiger partial charge in [-0.2, -0.15) is 0 Å². The molecule has 2 aromatic heterocycles. The van der Waals surface area contributed by atoms with Crippen molar-refractivity contribution in [3.63, 3.8) is 0 Å². The molecule has 5 nitrogen and oxygen atoms in total. The van der Waals surface area contributed by atoms with Crippen LogP contribution in [0.2, 0.25) is 5.02 Å². The van der Waals surface area contributed by atoms with E-state index < -0.39 is 0 Å². The third-order valence-corrected chi connectivity index (χ3v) is 6.44. The van der Waals surface area contributed by atoms with Crippen molar-refractivity contribution >= 4 is 44.7 Å². The van der Waals surface area contributed by atoms with Gasteiger partial charge in [-0.3, -0.25) is 9.69 Å². The molecule has 2 N–H and O–H groups in total. The molecule has 0 aliphatic carbocycles. The highest BCUT2D eigenvalue weighted by Gasteiger charge is 2.23. The predicted octanol–water partition coefficient (Wildman–Crippen LogP) is 4.58. The van der Waals surface area contributed by atoms with Gasteiger partial charge < -0.3 is 15.0 Å². The van der Waals surface area contributed by atoms with E-state index in [4.69, 9.17) is 16.3 Å². The molecule has 1 aliphatic heterocycles. The van der Waals surface area contributed by atoms with Crippen molar-refractivity contribution in [3.05, 3.63) is 51.0 Å². The predicted molar refractivity (Wildman–Crippen MR) is 111 cm³/mol. The maximum absolute atomic E-state index is 13.1. The molecule has 0 radical (unpaired) electrons. The molecule has 1 fully saturated rings. The molecule has 1 saturated heterocycles. The Hall–Kier alpha value is -1.86. The minimum atomic E-state index is -0.135. The normalized spacial score (nSPS) is 15.4. The number of nitrogens with one attached hydrogen (secondary N) is 2. The number of hydrogen-bond acceptors (Lipinski definition) is 4. The van der Waals surface area contributed by atoms with Crippen LogP contribution in [0.1, 0.15) is 26.5 Å². The first-order valence-corrected chi connectivity index (χ1v) is 10.2. The zero-order chi connectivity index (χ0) is 19.0. The number of anilines is 1. The van der Waals surface area contributed by atoms with E-state index in [0.29, 0.717) is 10.7 Å². The molecule has 0 saturated carbocycles. The van der Waals surface area contributed by atoms with Gasteiger partial charge in [-0.05, 0) is 37.6 Å². The summed E-state index contributed by atoms with van der Waals surface area (Å²) >= 11 is 7.92. The van der Waals surface area contributed by atoms with Crippen molar-refractivity contribution in [2.45, 2.75) is 20.4 Å². The number of thiophene rings is 1. The van der Waals surface area contributed by atoms with E-state index in [0.717, 1.165) is 59.9 Å². The third kappa shape index (κ3) is 3.75. The van der Waals surface area contributed by atoms with Crippen LogP contribution in [0.15, 0.2) is 24.3 Å². The minimum Gasteiger partial charge on any atom is -0.379 e. The Balaban J connectivity index is 1.67. The Bertz CT molecular complexity index is 989. The lowest BCUT2D eigenvalue weighted by molar-refractivity contribution is 0.0343. The lowest BCUT2D eigenvalue weighted by Crippen LogP contribution is -2.36. The largest absolute Gasteiger partial charge is 0.379 e. The first-order valence-electron chi connectivity index (χ1n) is 9.00. The van der Waals surface area contributed by atoms with Gasteiger partial charge in [-0.25, -0.2) is 0 Å². The maximum Gasteiger partial charge on any atom is 0.272 e. The number of benzene rings is 1. The summed E-state index contributed by atoms with van der Waals surface area (Å²) in [5.41, 5.74) is 4.31. The van der Waals surface area contributed by atoms with Gasteiger partial charge in [0.25, 0.3) is 5.91 Å². The first-order chi connectivity index (χ1) is 13.0. The van der Waals surface area contributed by atoms with Crippen LogP contribution in [0.3, 0.4) is 0 Å². The Morgan fingerprint density at radius 3 is 2.89 bits per heavy atom. The number of carbonyl (C=O) groups is 1. The van der Waals surface area contributed by atoms with E-state index in [9.17, 15) is 4.79 Å². The Morgan fingerprint density at radius 2 is 2.11 bits per heavy atom. The second-order valence-electron chi connectivity index (χ2n) is 6.83. The number of fused-ring (bicyclic) bond motifs is 1. The highest BCUT2D eigenvalue weighted by Crippen LogP contribution is 2.32. The summed E-state index contributed by atoms with van der Waals surface area (Å²) in [5, 5.41) is 3.66. The number of nitrogens with zero attached hydrogens (tertiary/aromatic N) is 1. The molecular formula is C20H22ClN3O2S. The van der Waals surface area contributed by atoms with Gasteiger partial charge in [0.05, 0.1) is 23.4 Å². The number of hydrogen-bond donors (Lipinski definition) is 2. The number of amides is 1. The van der Waals surface area contributed by atoms with Crippen molar-refractivity contribution in [2.24, 2.45) is 0 Å². The van der Waals surface area contributed by atoms with Gasteiger partial charge in [0.2, 0.25) is 0 Å². The molecule has 142 valence electrons. The Labute approximate surface area is 167 Å². The number of halogens is 1. The summed E-state index contributed by atoms with van der Waals surface area (Å²) in [6.07, 6.45) is 0. The summed E-state index contributed by atoms with van der Waals surface area (Å²) in [5.74, 6) is -0.135. The number of ether oxygens (including phenoxy) is 1. The van der Waals surface area contributed by atoms with Crippen LogP contribution in [-0.2, 0) is 11.3 Å². The summed E-state index contributed by atoms with van der Waals surface area (Å²) in [6, 6.07) is 7.64. The van der Waals surface area contributed by atoms with Crippen molar-refractivity contribution in [1.82, 2.24) is 9.88 Å². The highest BCUT2D eigenvalue weighted by atomic mass is 35.5. The molecular weight excluding hydrogens is 382 g/mol. The number of aromatic nitrogens is 1. The molecule has 0 bridgehead atoms. The zero-order valence-corrected chi connectivity index (χ0v) is 17.0. The average Bonchev–Trinajstić information content (AvgIpc) is 3.17. The van der Waals surface area contributed by atoms with Crippen molar-refractivity contribution in [1.29, 1.82) is 0 Å². The maximum atomic E-state index is 13.1. The number of aromatic amines is 1. The fourth-order valence-corrected chi connectivity index (χ4v) is 4.59. The smallest absolute Gasteiger partial charge is 0.272 e. The highest BCUT2D eigenvalue weighted by molar-refractivity contribution is 7.19. The lowest BCUT2D eigenvalue weighted by atomic mass is 10.1. The second kappa shape index (κ2) is 7.64. The second-order valence-corrected chi connectivity index (χ2v) is 8.50. The quantitative estimate of drug-likeness (QED) is 0.670. The van der Waals surface area contributed by atoms with E-state index >= 15 is 0 Å². The van der Waals surface area contributed by atoms with Gasteiger partial charge in [0.1, 0.15) is 5.69 Å².